The van der Waals surface area contributed by atoms with Gasteiger partial charge in [-0.15, -0.1) is 11.8 Å². The Balaban J connectivity index is 2.29. The lowest BCUT2D eigenvalue weighted by Crippen LogP contribution is -2.18. The molecule has 0 saturated carbocycles. The molecule has 0 unspecified atom stereocenters. The Labute approximate surface area is 131 Å². The van der Waals surface area contributed by atoms with E-state index in [1.165, 1.54) is 5.56 Å². The third-order valence-corrected chi connectivity index (χ3v) is 4.38. The zero-order chi connectivity index (χ0) is 15.5. The molecule has 0 radical (unpaired) electrons. The third-order valence-electron chi connectivity index (χ3n) is 3.23. The second-order valence-corrected chi connectivity index (χ2v) is 7.06. The Morgan fingerprint density at radius 1 is 1.10 bits per heavy atom. The molecular formula is C17H23N3S. The smallest absolute Gasteiger partial charge is 0.137 e. The number of thioether (sulfide) groups is 1. The molecule has 21 heavy (non-hydrogen) atoms. The van der Waals surface area contributed by atoms with Crippen molar-refractivity contribution in [2.45, 2.75) is 43.9 Å². The van der Waals surface area contributed by atoms with Gasteiger partial charge in [-0.2, -0.15) is 0 Å². The van der Waals surface area contributed by atoms with Crippen molar-refractivity contribution in [1.29, 1.82) is 0 Å². The highest BCUT2D eigenvalue weighted by atomic mass is 32.2. The fourth-order valence-electron chi connectivity index (χ4n) is 1.94. The van der Waals surface area contributed by atoms with Crippen LogP contribution in [0.2, 0.25) is 0 Å². The zero-order valence-electron chi connectivity index (χ0n) is 13.4. The van der Waals surface area contributed by atoms with Gasteiger partial charge in [0.25, 0.3) is 0 Å². The predicted octanol–water partition coefficient (Wildman–Crippen LogP) is 4.42. The van der Waals surface area contributed by atoms with Gasteiger partial charge in [0, 0.05) is 23.8 Å². The molecule has 1 aromatic heterocycles. The zero-order valence-corrected chi connectivity index (χ0v) is 14.2. The molecule has 0 aliphatic carbocycles. The molecule has 0 fully saturated rings. The van der Waals surface area contributed by atoms with Crippen LogP contribution in [0.15, 0.2) is 35.4 Å². The lowest BCUT2D eigenvalue weighted by atomic mass is 9.95. The number of hydrogen-bond donors (Lipinski definition) is 1. The second kappa shape index (κ2) is 6.48. The van der Waals surface area contributed by atoms with Crippen LogP contribution in [0, 0.1) is 6.92 Å². The summed E-state index contributed by atoms with van der Waals surface area (Å²) in [6, 6.07) is 10.5. The Hall–Kier alpha value is -1.55. The summed E-state index contributed by atoms with van der Waals surface area (Å²) < 4.78 is 0. The Bertz CT molecular complexity index is 603. The van der Waals surface area contributed by atoms with E-state index in [2.05, 4.69) is 62.3 Å². The first kappa shape index (κ1) is 15.8. The molecule has 0 spiro atoms. The molecule has 0 aliphatic heterocycles. The van der Waals surface area contributed by atoms with E-state index in [4.69, 9.17) is 4.98 Å². The van der Waals surface area contributed by atoms with E-state index in [9.17, 15) is 0 Å². The predicted molar refractivity (Wildman–Crippen MR) is 91.0 cm³/mol. The van der Waals surface area contributed by atoms with Gasteiger partial charge in [0.1, 0.15) is 16.7 Å². The molecular weight excluding hydrogens is 278 g/mol. The van der Waals surface area contributed by atoms with Gasteiger partial charge >= 0.3 is 0 Å². The largest absolute Gasteiger partial charge is 0.373 e. The molecule has 2 aromatic rings. The van der Waals surface area contributed by atoms with Crippen LogP contribution < -0.4 is 5.32 Å². The first-order valence-electron chi connectivity index (χ1n) is 7.15. The van der Waals surface area contributed by atoms with Gasteiger partial charge in [0.05, 0.1) is 0 Å². The summed E-state index contributed by atoms with van der Waals surface area (Å²) in [6.07, 6.45) is 0. The first-order valence-corrected chi connectivity index (χ1v) is 8.14. The van der Waals surface area contributed by atoms with Gasteiger partial charge in [-0.3, -0.25) is 0 Å². The van der Waals surface area contributed by atoms with E-state index in [1.54, 1.807) is 11.8 Å². The summed E-state index contributed by atoms with van der Waals surface area (Å²) in [5, 5.41) is 4.24. The summed E-state index contributed by atoms with van der Waals surface area (Å²) in [5.74, 6) is 2.73. The summed E-state index contributed by atoms with van der Waals surface area (Å²) in [5.41, 5.74) is 2.37. The Kier molecular flexibility index (Phi) is 4.88. The van der Waals surface area contributed by atoms with E-state index >= 15 is 0 Å². The summed E-state index contributed by atoms with van der Waals surface area (Å²) in [7, 11) is 1.91. The van der Waals surface area contributed by atoms with Gasteiger partial charge in [-0.05, 0) is 12.5 Å². The average Bonchev–Trinajstić information content (AvgIpc) is 2.46. The maximum Gasteiger partial charge on any atom is 0.137 e. The minimum absolute atomic E-state index is 0.0542. The van der Waals surface area contributed by atoms with Crippen LogP contribution in [0.25, 0.3) is 0 Å². The summed E-state index contributed by atoms with van der Waals surface area (Å²) in [6.45, 7) is 8.50. The Morgan fingerprint density at radius 2 is 1.76 bits per heavy atom. The normalized spacial score (nSPS) is 11.5. The fraction of sp³-hybridized carbons (Fsp3) is 0.412. The van der Waals surface area contributed by atoms with Gasteiger partial charge in [-0.25, -0.2) is 9.97 Å². The van der Waals surface area contributed by atoms with Crippen molar-refractivity contribution in [2.24, 2.45) is 0 Å². The van der Waals surface area contributed by atoms with Crippen molar-refractivity contribution in [2.75, 3.05) is 12.4 Å². The fourth-order valence-corrected chi connectivity index (χ4v) is 2.90. The van der Waals surface area contributed by atoms with E-state index < -0.39 is 0 Å². The third kappa shape index (κ3) is 3.97. The molecule has 1 aromatic carbocycles. The van der Waals surface area contributed by atoms with E-state index in [0.29, 0.717) is 0 Å². The van der Waals surface area contributed by atoms with Crippen molar-refractivity contribution in [1.82, 2.24) is 9.97 Å². The monoisotopic (exact) mass is 301 g/mol. The lowest BCUT2D eigenvalue weighted by Gasteiger charge is -2.20. The second-order valence-electron chi connectivity index (χ2n) is 6.10. The van der Waals surface area contributed by atoms with Gasteiger partial charge in [0.15, 0.2) is 0 Å². The molecule has 1 heterocycles. The van der Waals surface area contributed by atoms with Gasteiger partial charge in [0.2, 0.25) is 0 Å². The van der Waals surface area contributed by atoms with Crippen molar-refractivity contribution in [3.63, 3.8) is 0 Å². The number of anilines is 1. The van der Waals surface area contributed by atoms with Crippen LogP contribution in [0.4, 0.5) is 5.82 Å². The maximum absolute atomic E-state index is 4.78. The van der Waals surface area contributed by atoms with Crippen LogP contribution in [0.5, 0.6) is 0 Å². The quantitative estimate of drug-likeness (QED) is 0.670. The highest BCUT2D eigenvalue weighted by Gasteiger charge is 2.21. The van der Waals surface area contributed by atoms with Crippen LogP contribution in [0.3, 0.4) is 0 Å². The van der Waals surface area contributed by atoms with Gasteiger partial charge in [-0.1, -0.05) is 51.1 Å². The molecule has 2 rings (SSSR count). The molecule has 0 saturated heterocycles. The van der Waals surface area contributed by atoms with E-state index in [-0.39, 0.29) is 5.41 Å². The molecule has 0 aliphatic rings. The highest BCUT2D eigenvalue weighted by Crippen LogP contribution is 2.30. The molecule has 112 valence electrons. The van der Waals surface area contributed by atoms with Crippen LogP contribution in [-0.2, 0) is 11.2 Å². The number of hydrogen-bond acceptors (Lipinski definition) is 4. The Morgan fingerprint density at radius 3 is 2.33 bits per heavy atom. The number of benzene rings is 1. The average molecular weight is 301 g/mol. The van der Waals surface area contributed by atoms with Crippen molar-refractivity contribution >= 4 is 17.6 Å². The number of nitrogens with zero attached hydrogens (tertiary/aromatic N) is 2. The van der Waals surface area contributed by atoms with E-state index in [0.717, 1.165) is 28.0 Å². The maximum atomic E-state index is 4.78. The highest BCUT2D eigenvalue weighted by molar-refractivity contribution is 7.98. The lowest BCUT2D eigenvalue weighted by molar-refractivity contribution is 0.538. The number of nitrogens with one attached hydrogen (secondary N) is 1. The van der Waals surface area contributed by atoms with Crippen molar-refractivity contribution < 1.29 is 0 Å². The van der Waals surface area contributed by atoms with Crippen LogP contribution in [-0.4, -0.2) is 17.0 Å². The minimum atomic E-state index is -0.0542. The van der Waals surface area contributed by atoms with Gasteiger partial charge < -0.3 is 5.32 Å². The van der Waals surface area contributed by atoms with Crippen LogP contribution in [0.1, 0.15) is 37.7 Å². The molecule has 3 nitrogen and oxygen atoms in total. The minimum Gasteiger partial charge on any atom is -0.373 e. The molecule has 0 amide bonds. The number of aromatic nitrogens is 2. The molecule has 4 heteroatoms. The first-order chi connectivity index (χ1) is 9.91. The summed E-state index contributed by atoms with van der Waals surface area (Å²) >= 11 is 1.77. The van der Waals surface area contributed by atoms with Crippen molar-refractivity contribution in [3.8, 4) is 0 Å². The van der Waals surface area contributed by atoms with Crippen molar-refractivity contribution in [3.05, 3.63) is 47.3 Å². The number of rotatable bonds is 4. The van der Waals surface area contributed by atoms with E-state index in [1.807, 2.05) is 13.1 Å². The van der Waals surface area contributed by atoms with Crippen LogP contribution >= 0.6 is 11.8 Å². The summed E-state index contributed by atoms with van der Waals surface area (Å²) in [4.78, 5) is 9.42. The molecule has 0 bridgehead atoms. The molecule has 1 N–H and O–H groups in total. The molecule has 0 atom stereocenters. The standard InChI is InChI=1S/C17H23N3S/c1-12-14(18-5)19-16(17(2,3)4)20-15(12)21-11-13-9-7-6-8-10-13/h6-10H,11H2,1-5H3,(H,18,19,20). The topological polar surface area (TPSA) is 37.8 Å². The SMILES string of the molecule is CNc1nc(C(C)(C)C)nc(SCc2ccccc2)c1C.